The zero-order valence-corrected chi connectivity index (χ0v) is 10.9. The highest BCUT2D eigenvalue weighted by Gasteiger charge is 2.45. The van der Waals surface area contributed by atoms with E-state index in [0.717, 1.165) is 19.1 Å². The fourth-order valence-electron chi connectivity index (χ4n) is 1.67. The van der Waals surface area contributed by atoms with Crippen LogP contribution in [-0.2, 0) is 14.6 Å². The number of amides is 1. The second kappa shape index (κ2) is 4.33. The van der Waals surface area contributed by atoms with Crippen LogP contribution in [0.2, 0.25) is 0 Å². The highest BCUT2D eigenvalue weighted by molar-refractivity contribution is 7.90. The third-order valence-corrected chi connectivity index (χ3v) is 3.95. The van der Waals surface area contributed by atoms with Crippen LogP contribution < -0.4 is 5.73 Å². The number of carbonyl (C=O) groups is 1. The molecule has 5 nitrogen and oxygen atoms in total. The van der Waals surface area contributed by atoms with E-state index >= 15 is 0 Å². The SMILES string of the molecule is CN(CCS(C)(=O)=O)C(=O)C(C)(N)C1CC1. The van der Waals surface area contributed by atoms with Crippen molar-refractivity contribution < 1.29 is 13.2 Å². The van der Waals surface area contributed by atoms with E-state index in [4.69, 9.17) is 5.73 Å². The summed E-state index contributed by atoms with van der Waals surface area (Å²) in [4.78, 5) is 13.4. The van der Waals surface area contributed by atoms with E-state index in [1.807, 2.05) is 0 Å². The molecule has 1 aliphatic carbocycles. The molecule has 0 aromatic heterocycles. The number of nitrogens with two attached hydrogens (primary N) is 1. The molecule has 0 spiro atoms. The van der Waals surface area contributed by atoms with Crippen LogP contribution in [0.1, 0.15) is 19.8 Å². The van der Waals surface area contributed by atoms with Crippen molar-refractivity contribution in [1.82, 2.24) is 4.90 Å². The van der Waals surface area contributed by atoms with Crippen molar-refractivity contribution in [3.63, 3.8) is 0 Å². The van der Waals surface area contributed by atoms with Gasteiger partial charge in [0.2, 0.25) is 5.91 Å². The topological polar surface area (TPSA) is 80.5 Å². The number of hydrogen-bond acceptors (Lipinski definition) is 4. The van der Waals surface area contributed by atoms with Crippen LogP contribution in [-0.4, -0.2) is 50.4 Å². The maximum atomic E-state index is 12.0. The first-order valence-electron chi connectivity index (χ1n) is 5.37. The van der Waals surface area contributed by atoms with Gasteiger partial charge in [-0.2, -0.15) is 0 Å². The quantitative estimate of drug-likeness (QED) is 0.719. The molecule has 6 heteroatoms. The molecular weight excluding hydrogens is 228 g/mol. The zero-order chi connectivity index (χ0) is 12.6. The largest absolute Gasteiger partial charge is 0.343 e. The van der Waals surface area contributed by atoms with E-state index in [2.05, 4.69) is 0 Å². The summed E-state index contributed by atoms with van der Waals surface area (Å²) in [6, 6.07) is 0. The number of sulfone groups is 1. The van der Waals surface area contributed by atoms with Gasteiger partial charge in [0, 0.05) is 19.8 Å². The molecule has 0 radical (unpaired) electrons. The first-order valence-corrected chi connectivity index (χ1v) is 7.43. The van der Waals surface area contributed by atoms with Crippen LogP contribution in [0, 0.1) is 5.92 Å². The summed E-state index contributed by atoms with van der Waals surface area (Å²) in [6.45, 7) is 1.93. The molecule has 1 atom stereocenters. The predicted molar refractivity (Wildman–Crippen MR) is 62.7 cm³/mol. The highest BCUT2D eigenvalue weighted by atomic mass is 32.2. The van der Waals surface area contributed by atoms with Gasteiger partial charge in [-0.05, 0) is 25.7 Å². The molecule has 1 rings (SSSR count). The summed E-state index contributed by atoms with van der Waals surface area (Å²) >= 11 is 0. The van der Waals surface area contributed by atoms with Crippen molar-refractivity contribution in [3.05, 3.63) is 0 Å². The van der Waals surface area contributed by atoms with Gasteiger partial charge >= 0.3 is 0 Å². The molecule has 1 aliphatic rings. The zero-order valence-electron chi connectivity index (χ0n) is 10.1. The predicted octanol–water partition coefficient (Wildman–Crippen LogP) is -0.383. The summed E-state index contributed by atoms with van der Waals surface area (Å²) < 4.78 is 22.0. The van der Waals surface area contributed by atoms with Gasteiger partial charge in [0.25, 0.3) is 0 Å². The fourth-order valence-corrected chi connectivity index (χ4v) is 2.28. The molecule has 94 valence electrons. The van der Waals surface area contributed by atoms with Crippen molar-refractivity contribution in [2.75, 3.05) is 25.6 Å². The molecule has 1 saturated carbocycles. The number of rotatable bonds is 5. The van der Waals surface area contributed by atoms with E-state index in [1.54, 1.807) is 14.0 Å². The van der Waals surface area contributed by atoms with Crippen LogP contribution in [0.3, 0.4) is 0 Å². The molecule has 0 bridgehead atoms. The van der Waals surface area contributed by atoms with E-state index in [0.29, 0.717) is 0 Å². The van der Waals surface area contributed by atoms with Crippen molar-refractivity contribution >= 4 is 15.7 Å². The molecule has 2 N–H and O–H groups in total. The summed E-state index contributed by atoms with van der Waals surface area (Å²) in [5, 5.41) is 0. The van der Waals surface area contributed by atoms with E-state index in [1.165, 1.54) is 4.90 Å². The Kier molecular flexibility index (Phi) is 3.64. The van der Waals surface area contributed by atoms with Crippen molar-refractivity contribution in [1.29, 1.82) is 0 Å². The highest BCUT2D eigenvalue weighted by Crippen LogP contribution is 2.38. The Morgan fingerprint density at radius 2 is 2.00 bits per heavy atom. The van der Waals surface area contributed by atoms with Crippen LogP contribution in [0.5, 0.6) is 0 Å². The van der Waals surface area contributed by atoms with Gasteiger partial charge < -0.3 is 10.6 Å². The summed E-state index contributed by atoms with van der Waals surface area (Å²) in [5.74, 6) is 0.0648. The maximum absolute atomic E-state index is 12.0. The normalized spacial score (nSPS) is 20.2. The van der Waals surface area contributed by atoms with Gasteiger partial charge in [-0.25, -0.2) is 8.42 Å². The van der Waals surface area contributed by atoms with Crippen molar-refractivity contribution in [2.24, 2.45) is 11.7 Å². The lowest BCUT2D eigenvalue weighted by Gasteiger charge is -2.29. The Balaban J connectivity index is 2.53. The van der Waals surface area contributed by atoms with Gasteiger partial charge in [-0.15, -0.1) is 0 Å². The van der Waals surface area contributed by atoms with E-state index in [9.17, 15) is 13.2 Å². The first kappa shape index (κ1) is 13.4. The Morgan fingerprint density at radius 1 is 1.50 bits per heavy atom. The average Bonchev–Trinajstić information content (AvgIpc) is 2.94. The lowest BCUT2D eigenvalue weighted by Crippen LogP contribution is -2.54. The number of hydrogen-bond donors (Lipinski definition) is 1. The third-order valence-electron chi connectivity index (χ3n) is 3.03. The molecule has 1 unspecified atom stereocenters. The Morgan fingerprint density at radius 3 is 2.38 bits per heavy atom. The molecule has 0 aliphatic heterocycles. The monoisotopic (exact) mass is 248 g/mol. The van der Waals surface area contributed by atoms with E-state index < -0.39 is 15.4 Å². The van der Waals surface area contributed by atoms with Gasteiger partial charge in [0.05, 0.1) is 11.3 Å². The molecule has 0 heterocycles. The van der Waals surface area contributed by atoms with Gasteiger partial charge in [-0.1, -0.05) is 0 Å². The smallest absolute Gasteiger partial charge is 0.242 e. The molecule has 0 aromatic rings. The Hall–Kier alpha value is -0.620. The van der Waals surface area contributed by atoms with Crippen LogP contribution in [0.25, 0.3) is 0 Å². The first-order chi connectivity index (χ1) is 7.14. The number of likely N-dealkylation sites (N-methyl/N-ethyl adjacent to an activating group) is 1. The molecule has 0 saturated heterocycles. The van der Waals surface area contributed by atoms with Gasteiger partial charge in [0.1, 0.15) is 9.84 Å². The molecule has 16 heavy (non-hydrogen) atoms. The Labute approximate surface area is 96.9 Å². The van der Waals surface area contributed by atoms with Crippen LogP contribution >= 0.6 is 0 Å². The second-order valence-corrected chi connectivity index (χ2v) is 7.17. The summed E-state index contributed by atoms with van der Waals surface area (Å²) in [5.41, 5.74) is 5.12. The third kappa shape index (κ3) is 3.45. The standard InChI is InChI=1S/C10H20N2O3S/c1-10(11,8-4-5-8)9(13)12(2)6-7-16(3,14)15/h8H,4-7,11H2,1-3H3. The van der Waals surface area contributed by atoms with Crippen molar-refractivity contribution in [3.8, 4) is 0 Å². The lowest BCUT2D eigenvalue weighted by molar-refractivity contribution is -0.135. The van der Waals surface area contributed by atoms with E-state index in [-0.39, 0.29) is 24.1 Å². The minimum Gasteiger partial charge on any atom is -0.343 e. The Bertz CT molecular complexity index is 372. The van der Waals surface area contributed by atoms with Crippen molar-refractivity contribution in [2.45, 2.75) is 25.3 Å². The maximum Gasteiger partial charge on any atom is 0.242 e. The fraction of sp³-hybridized carbons (Fsp3) is 0.900. The molecular formula is C10H20N2O3S. The average molecular weight is 248 g/mol. The van der Waals surface area contributed by atoms with Crippen LogP contribution in [0.4, 0.5) is 0 Å². The summed E-state index contributed by atoms with van der Waals surface area (Å²) in [6.07, 6.45) is 3.13. The molecule has 0 aromatic carbocycles. The van der Waals surface area contributed by atoms with Gasteiger partial charge in [-0.3, -0.25) is 4.79 Å². The van der Waals surface area contributed by atoms with Gasteiger partial charge in [0.15, 0.2) is 0 Å². The lowest BCUT2D eigenvalue weighted by atomic mass is 9.95. The number of nitrogens with zero attached hydrogens (tertiary/aromatic N) is 1. The minimum absolute atomic E-state index is 0.0179. The summed E-state index contributed by atoms with van der Waals surface area (Å²) in [7, 11) is -1.44. The number of carbonyl (C=O) groups excluding carboxylic acids is 1. The minimum atomic E-state index is -3.04. The second-order valence-electron chi connectivity index (χ2n) is 4.91. The molecule has 1 amide bonds. The van der Waals surface area contributed by atoms with Crippen LogP contribution in [0.15, 0.2) is 0 Å². The molecule has 1 fully saturated rings.